The highest BCUT2D eigenvalue weighted by Crippen LogP contribution is 2.28. The Hall–Kier alpha value is -3.12. The first kappa shape index (κ1) is 14.5. The molecule has 0 aliphatic heterocycles. The van der Waals surface area contributed by atoms with E-state index in [1.807, 2.05) is 0 Å². The fraction of sp³-hybridized carbons (Fsp3) is 0. The lowest BCUT2D eigenvalue weighted by molar-refractivity contribution is 1.75. The summed E-state index contributed by atoms with van der Waals surface area (Å²) in [5, 5.41) is 0. The van der Waals surface area contributed by atoms with Gasteiger partial charge in [-0.25, -0.2) is 0 Å². The molecule has 0 saturated carbocycles. The van der Waals surface area contributed by atoms with Gasteiger partial charge < -0.3 is 0 Å². The molecular formula is C24H18. The first-order valence-corrected chi connectivity index (χ1v) is 8.22. The molecule has 0 amide bonds. The lowest BCUT2D eigenvalue weighted by Gasteiger charge is -1.97. The van der Waals surface area contributed by atoms with E-state index in [2.05, 4.69) is 109 Å². The Morgan fingerprint density at radius 1 is 0.417 bits per heavy atom. The van der Waals surface area contributed by atoms with Crippen LogP contribution in [0.2, 0.25) is 0 Å². The summed E-state index contributed by atoms with van der Waals surface area (Å²) in [6.45, 7) is 0. The second kappa shape index (κ2) is 6.55. The molecule has 0 heteroatoms. The van der Waals surface area contributed by atoms with Crippen molar-refractivity contribution in [1.82, 2.24) is 0 Å². The number of allylic oxidation sites excluding steroid dienone is 2. The molecule has 0 radical (unpaired) electrons. The Labute approximate surface area is 143 Å². The van der Waals surface area contributed by atoms with E-state index < -0.39 is 0 Å². The van der Waals surface area contributed by atoms with Gasteiger partial charge in [0.25, 0.3) is 0 Å². The Kier molecular flexibility index (Phi) is 3.95. The smallest absolute Gasteiger partial charge is 0.0111 e. The number of fused-ring (bicyclic) bond motifs is 2. The molecule has 4 aliphatic carbocycles. The minimum atomic E-state index is 1.24. The van der Waals surface area contributed by atoms with Crippen molar-refractivity contribution in [2.45, 2.75) is 0 Å². The van der Waals surface area contributed by atoms with Crippen molar-refractivity contribution < 1.29 is 0 Å². The highest BCUT2D eigenvalue weighted by Gasteiger charge is 2.04. The molecule has 0 aromatic rings. The van der Waals surface area contributed by atoms with E-state index in [-0.39, 0.29) is 0 Å². The van der Waals surface area contributed by atoms with E-state index in [4.69, 9.17) is 0 Å². The van der Waals surface area contributed by atoms with Gasteiger partial charge in [0.1, 0.15) is 0 Å². The Bertz CT molecular complexity index is 959. The van der Waals surface area contributed by atoms with Crippen LogP contribution in [0.5, 0.6) is 0 Å². The summed E-state index contributed by atoms with van der Waals surface area (Å²) in [6.07, 6.45) is 8.57. The molecule has 0 heterocycles. The van der Waals surface area contributed by atoms with E-state index in [0.29, 0.717) is 0 Å². The normalized spacial score (nSPS) is 11.8. The molecular weight excluding hydrogens is 288 g/mol. The van der Waals surface area contributed by atoms with Crippen molar-refractivity contribution in [2.24, 2.45) is 0 Å². The molecule has 0 atom stereocenters. The zero-order valence-corrected chi connectivity index (χ0v) is 13.4. The SMILES string of the molecule is C(/C=C/c1ccc2cccccc1-2)=C\c1ccccc2cccc1-2. The predicted molar refractivity (Wildman–Crippen MR) is 104 cm³/mol. The van der Waals surface area contributed by atoms with E-state index >= 15 is 0 Å². The molecule has 0 spiro atoms. The zero-order chi connectivity index (χ0) is 16.2. The minimum Gasteiger partial charge on any atom is -0.0622 e. The molecule has 4 rings (SSSR count). The van der Waals surface area contributed by atoms with E-state index in [0.717, 1.165) is 0 Å². The summed E-state index contributed by atoms with van der Waals surface area (Å²) >= 11 is 0. The average molecular weight is 306 g/mol. The third kappa shape index (κ3) is 2.87. The lowest BCUT2D eigenvalue weighted by Crippen LogP contribution is -1.73. The van der Waals surface area contributed by atoms with Crippen LogP contribution in [0.3, 0.4) is 0 Å². The van der Waals surface area contributed by atoms with Gasteiger partial charge in [-0.15, -0.1) is 0 Å². The fourth-order valence-electron chi connectivity index (χ4n) is 3.10. The molecule has 114 valence electrons. The topological polar surface area (TPSA) is 0 Å². The summed E-state index contributed by atoms with van der Waals surface area (Å²) in [6, 6.07) is 29.8. The number of hydrogen-bond donors (Lipinski definition) is 0. The monoisotopic (exact) mass is 306 g/mol. The molecule has 0 aromatic carbocycles. The number of hydrogen-bond acceptors (Lipinski definition) is 0. The molecule has 0 fully saturated rings. The molecule has 4 aliphatic rings. The van der Waals surface area contributed by atoms with Gasteiger partial charge in [-0.1, -0.05) is 109 Å². The van der Waals surface area contributed by atoms with Gasteiger partial charge in [-0.3, -0.25) is 0 Å². The standard InChI is InChI=1S/C24H18/c1-2-9-21-17-18-22(23(21)15-3-1)13-7-6-11-19-10-4-5-12-20-14-8-16-24(19)20/h1-18H/b11-6+,13-7+. The maximum absolute atomic E-state index is 2.17. The molecule has 24 heavy (non-hydrogen) atoms. The van der Waals surface area contributed by atoms with Crippen LogP contribution in [0.15, 0.2) is 97.1 Å². The van der Waals surface area contributed by atoms with Gasteiger partial charge in [0.05, 0.1) is 0 Å². The molecule has 0 unspecified atom stereocenters. The van der Waals surface area contributed by atoms with Gasteiger partial charge in [0.2, 0.25) is 0 Å². The zero-order valence-electron chi connectivity index (χ0n) is 13.4. The van der Waals surface area contributed by atoms with Gasteiger partial charge in [0, 0.05) is 0 Å². The Balaban J connectivity index is 1.59. The van der Waals surface area contributed by atoms with Crippen molar-refractivity contribution in [3.8, 4) is 22.3 Å². The summed E-state index contributed by atoms with van der Waals surface area (Å²) in [7, 11) is 0. The van der Waals surface area contributed by atoms with E-state index in [1.54, 1.807) is 0 Å². The lowest BCUT2D eigenvalue weighted by atomic mass is 10.1. The van der Waals surface area contributed by atoms with Gasteiger partial charge in [-0.05, 0) is 33.4 Å². The highest BCUT2D eigenvalue weighted by atomic mass is 14.1. The van der Waals surface area contributed by atoms with Crippen LogP contribution < -0.4 is 0 Å². The van der Waals surface area contributed by atoms with Crippen LogP contribution in [0, 0.1) is 0 Å². The maximum Gasteiger partial charge on any atom is -0.0111 e. The van der Waals surface area contributed by atoms with Crippen LogP contribution in [0.4, 0.5) is 0 Å². The molecule has 0 N–H and O–H groups in total. The second-order valence-electron chi connectivity index (χ2n) is 5.85. The highest BCUT2D eigenvalue weighted by molar-refractivity contribution is 5.80. The van der Waals surface area contributed by atoms with Crippen LogP contribution in [0.25, 0.3) is 34.4 Å². The third-order valence-corrected chi connectivity index (χ3v) is 4.31. The number of rotatable bonds is 3. The van der Waals surface area contributed by atoms with Crippen LogP contribution in [-0.4, -0.2) is 0 Å². The molecule has 0 nitrogen and oxygen atoms in total. The van der Waals surface area contributed by atoms with Crippen molar-refractivity contribution in [3.63, 3.8) is 0 Å². The first-order valence-electron chi connectivity index (χ1n) is 8.22. The summed E-state index contributed by atoms with van der Waals surface area (Å²) < 4.78 is 0. The van der Waals surface area contributed by atoms with Crippen LogP contribution >= 0.6 is 0 Å². The largest absolute Gasteiger partial charge is 0.0622 e. The average Bonchev–Trinajstić information content (AvgIpc) is 3.08. The van der Waals surface area contributed by atoms with Gasteiger partial charge in [-0.2, -0.15) is 0 Å². The Morgan fingerprint density at radius 3 is 1.79 bits per heavy atom. The minimum absolute atomic E-state index is 1.24. The summed E-state index contributed by atoms with van der Waals surface area (Å²) in [4.78, 5) is 0. The molecule has 0 aromatic heterocycles. The van der Waals surface area contributed by atoms with Crippen molar-refractivity contribution in [3.05, 3.63) is 108 Å². The maximum atomic E-state index is 2.17. The molecule has 0 bridgehead atoms. The fourth-order valence-corrected chi connectivity index (χ4v) is 3.10. The van der Waals surface area contributed by atoms with E-state index in [9.17, 15) is 0 Å². The third-order valence-electron chi connectivity index (χ3n) is 4.31. The Morgan fingerprint density at radius 2 is 0.958 bits per heavy atom. The van der Waals surface area contributed by atoms with Gasteiger partial charge >= 0.3 is 0 Å². The predicted octanol–water partition coefficient (Wildman–Crippen LogP) is 6.62. The van der Waals surface area contributed by atoms with Crippen molar-refractivity contribution in [1.29, 1.82) is 0 Å². The van der Waals surface area contributed by atoms with E-state index in [1.165, 1.54) is 33.4 Å². The van der Waals surface area contributed by atoms with Gasteiger partial charge in [0.15, 0.2) is 0 Å². The first-order chi connectivity index (χ1) is 11.9. The van der Waals surface area contributed by atoms with Crippen molar-refractivity contribution in [2.75, 3.05) is 0 Å². The quantitative estimate of drug-likeness (QED) is 0.373. The van der Waals surface area contributed by atoms with Crippen molar-refractivity contribution >= 4 is 12.2 Å². The summed E-state index contributed by atoms with van der Waals surface area (Å²) in [5.41, 5.74) is 7.62. The van der Waals surface area contributed by atoms with Crippen LogP contribution in [-0.2, 0) is 0 Å². The second-order valence-corrected chi connectivity index (χ2v) is 5.85. The van der Waals surface area contributed by atoms with Crippen LogP contribution in [0.1, 0.15) is 11.1 Å². The summed E-state index contributed by atoms with van der Waals surface area (Å²) in [5.74, 6) is 0. The molecule has 0 saturated heterocycles.